The maximum Gasteiger partial charge on any atom is 0.312 e. The lowest BCUT2D eigenvalue weighted by Crippen LogP contribution is -2.63. The van der Waals surface area contributed by atoms with Gasteiger partial charge in [0.25, 0.3) is 0 Å². The summed E-state index contributed by atoms with van der Waals surface area (Å²) in [6.07, 6.45) is 0. The average Bonchev–Trinajstić information content (AvgIpc) is 1.79. The highest BCUT2D eigenvalue weighted by Gasteiger charge is 2.33. The van der Waals surface area contributed by atoms with E-state index < -0.39 is 6.03 Å². The monoisotopic (exact) mass is 145 g/mol. The summed E-state index contributed by atoms with van der Waals surface area (Å²) in [6.45, 7) is 1.38. The van der Waals surface area contributed by atoms with Gasteiger partial charge in [0.1, 0.15) is 0 Å². The van der Waals surface area contributed by atoms with Gasteiger partial charge in [-0.25, -0.2) is 4.79 Å². The summed E-state index contributed by atoms with van der Waals surface area (Å²) in [5.41, 5.74) is 10.1. The van der Waals surface area contributed by atoms with Crippen molar-refractivity contribution in [2.24, 2.45) is 11.5 Å². The summed E-state index contributed by atoms with van der Waals surface area (Å²) in [6, 6.07) is -0.545. The molecule has 0 saturated carbocycles. The lowest BCUT2D eigenvalue weighted by molar-refractivity contribution is -0.0507. The van der Waals surface area contributed by atoms with Crippen LogP contribution in [0.1, 0.15) is 0 Å². The molecule has 1 rings (SSSR count). The van der Waals surface area contributed by atoms with E-state index >= 15 is 0 Å². The Kier molecular flexibility index (Phi) is 1.78. The van der Waals surface area contributed by atoms with E-state index in [-0.39, 0.29) is 5.54 Å². The minimum atomic E-state index is -0.545. The maximum absolute atomic E-state index is 10.2. The highest BCUT2D eigenvalue weighted by Crippen LogP contribution is 2.10. The molecule has 0 aromatic heterocycles. The number of carbonyl (C=O) groups excluding carboxylic acids is 1. The second kappa shape index (κ2) is 2.43. The molecule has 5 N–H and O–H groups in total. The Balaban J connectivity index is 2.18. The first-order valence-corrected chi connectivity index (χ1v) is 3.02. The highest BCUT2D eigenvalue weighted by molar-refractivity contribution is 5.71. The summed E-state index contributed by atoms with van der Waals surface area (Å²) in [5.74, 6) is 0. The quantitative estimate of drug-likeness (QED) is 0.436. The van der Waals surface area contributed by atoms with Gasteiger partial charge in [-0.2, -0.15) is 0 Å². The maximum atomic E-state index is 10.2. The Morgan fingerprint density at radius 1 is 1.70 bits per heavy atom. The van der Waals surface area contributed by atoms with Crippen molar-refractivity contribution in [1.29, 1.82) is 0 Å². The number of amides is 2. The number of primary amides is 1. The number of hydrogen-bond donors (Lipinski definition) is 3. The molecule has 0 spiro atoms. The zero-order valence-corrected chi connectivity index (χ0v) is 5.59. The van der Waals surface area contributed by atoms with Crippen LogP contribution in [0.3, 0.4) is 0 Å². The highest BCUT2D eigenvalue weighted by atomic mass is 16.5. The number of nitrogens with two attached hydrogens (primary N) is 2. The second-order valence-electron chi connectivity index (χ2n) is 2.57. The number of rotatable bonds is 2. The zero-order valence-electron chi connectivity index (χ0n) is 5.59. The van der Waals surface area contributed by atoms with Crippen molar-refractivity contribution in [1.82, 2.24) is 5.32 Å². The van der Waals surface area contributed by atoms with E-state index in [1.807, 2.05) is 0 Å². The first-order chi connectivity index (χ1) is 4.62. The van der Waals surface area contributed by atoms with Gasteiger partial charge in [-0.05, 0) is 0 Å². The molecule has 2 amide bonds. The van der Waals surface area contributed by atoms with E-state index in [0.717, 1.165) is 0 Å². The number of ether oxygens (including phenoxy) is 1. The first kappa shape index (κ1) is 7.30. The topological polar surface area (TPSA) is 90.4 Å². The van der Waals surface area contributed by atoms with E-state index in [1.165, 1.54) is 0 Å². The summed E-state index contributed by atoms with van der Waals surface area (Å²) >= 11 is 0. The fourth-order valence-electron chi connectivity index (χ4n) is 0.729. The minimum Gasteiger partial charge on any atom is -0.377 e. The van der Waals surface area contributed by atoms with Gasteiger partial charge in [-0.3, -0.25) is 0 Å². The lowest BCUT2D eigenvalue weighted by Gasteiger charge is -2.37. The third-order valence-corrected chi connectivity index (χ3v) is 1.39. The van der Waals surface area contributed by atoms with Crippen molar-refractivity contribution in [3.63, 3.8) is 0 Å². The van der Waals surface area contributed by atoms with Crippen molar-refractivity contribution in [3.05, 3.63) is 0 Å². The van der Waals surface area contributed by atoms with Gasteiger partial charge in [0, 0.05) is 6.54 Å². The molecular formula is C5H11N3O2. The van der Waals surface area contributed by atoms with Crippen LogP contribution in [0.4, 0.5) is 4.79 Å². The van der Waals surface area contributed by atoms with Crippen molar-refractivity contribution in [2.45, 2.75) is 5.54 Å². The number of urea groups is 1. The molecule has 0 unspecified atom stereocenters. The molecule has 5 nitrogen and oxygen atoms in total. The summed E-state index contributed by atoms with van der Waals surface area (Å²) in [5, 5.41) is 2.42. The molecular weight excluding hydrogens is 134 g/mol. The van der Waals surface area contributed by atoms with Crippen molar-refractivity contribution in [3.8, 4) is 0 Å². The van der Waals surface area contributed by atoms with Crippen LogP contribution in [0.5, 0.6) is 0 Å². The Morgan fingerprint density at radius 3 is 2.60 bits per heavy atom. The van der Waals surface area contributed by atoms with Gasteiger partial charge >= 0.3 is 6.03 Å². The number of nitrogens with one attached hydrogen (secondary N) is 1. The van der Waals surface area contributed by atoms with Gasteiger partial charge in [-0.15, -0.1) is 0 Å². The molecule has 1 aliphatic rings. The van der Waals surface area contributed by atoms with Crippen LogP contribution >= 0.6 is 0 Å². The molecule has 0 aromatic carbocycles. The molecule has 1 saturated heterocycles. The molecule has 0 radical (unpaired) electrons. The number of carbonyl (C=O) groups is 1. The number of hydrogen-bond acceptors (Lipinski definition) is 3. The summed E-state index contributed by atoms with van der Waals surface area (Å²) < 4.78 is 4.85. The SMILES string of the molecule is NC(=O)NCC1(N)COC1. The Labute approximate surface area is 58.7 Å². The Bertz CT molecular complexity index is 144. The summed E-state index contributed by atoms with van der Waals surface area (Å²) in [7, 11) is 0. The lowest BCUT2D eigenvalue weighted by atomic mass is 10.00. The van der Waals surface area contributed by atoms with E-state index in [9.17, 15) is 4.79 Å². The van der Waals surface area contributed by atoms with E-state index in [4.69, 9.17) is 16.2 Å². The van der Waals surface area contributed by atoms with Gasteiger partial charge in [0.2, 0.25) is 0 Å². The second-order valence-corrected chi connectivity index (χ2v) is 2.57. The molecule has 1 heterocycles. The van der Waals surface area contributed by atoms with E-state index in [2.05, 4.69) is 5.32 Å². The zero-order chi connectivity index (χ0) is 7.61. The predicted octanol–water partition coefficient (Wildman–Crippen LogP) is -1.62. The molecule has 10 heavy (non-hydrogen) atoms. The van der Waals surface area contributed by atoms with E-state index in [1.54, 1.807) is 0 Å². The van der Waals surface area contributed by atoms with Crippen molar-refractivity contribution < 1.29 is 9.53 Å². The van der Waals surface area contributed by atoms with Gasteiger partial charge in [0.15, 0.2) is 0 Å². The molecule has 5 heteroatoms. The minimum absolute atomic E-state index is 0.380. The fraction of sp³-hybridized carbons (Fsp3) is 0.800. The molecule has 58 valence electrons. The van der Waals surface area contributed by atoms with Gasteiger partial charge < -0.3 is 21.5 Å². The molecule has 0 aromatic rings. The van der Waals surface area contributed by atoms with Crippen LogP contribution in [0.15, 0.2) is 0 Å². The van der Waals surface area contributed by atoms with Gasteiger partial charge in [0.05, 0.1) is 18.8 Å². The molecule has 0 aliphatic carbocycles. The molecule has 0 atom stereocenters. The third kappa shape index (κ3) is 1.58. The standard InChI is InChI=1S/C5H11N3O2/c6-4(9)8-1-5(7)2-10-3-5/h1-3,7H2,(H3,6,8,9). The predicted molar refractivity (Wildman–Crippen MR) is 35.3 cm³/mol. The fourth-order valence-corrected chi connectivity index (χ4v) is 0.729. The van der Waals surface area contributed by atoms with Crippen LogP contribution in [0.2, 0.25) is 0 Å². The van der Waals surface area contributed by atoms with Crippen LogP contribution in [-0.4, -0.2) is 31.3 Å². The van der Waals surface area contributed by atoms with Crippen LogP contribution in [-0.2, 0) is 4.74 Å². The van der Waals surface area contributed by atoms with Crippen LogP contribution in [0, 0.1) is 0 Å². The van der Waals surface area contributed by atoms with Crippen LogP contribution in [0.25, 0.3) is 0 Å². The normalized spacial score (nSPS) is 21.3. The largest absolute Gasteiger partial charge is 0.377 e. The summed E-state index contributed by atoms with van der Waals surface area (Å²) in [4.78, 5) is 10.2. The van der Waals surface area contributed by atoms with Crippen LogP contribution < -0.4 is 16.8 Å². The Hall–Kier alpha value is -0.810. The average molecular weight is 145 g/mol. The van der Waals surface area contributed by atoms with Gasteiger partial charge in [-0.1, -0.05) is 0 Å². The van der Waals surface area contributed by atoms with E-state index in [0.29, 0.717) is 19.8 Å². The Morgan fingerprint density at radius 2 is 2.30 bits per heavy atom. The first-order valence-electron chi connectivity index (χ1n) is 3.02. The third-order valence-electron chi connectivity index (χ3n) is 1.39. The smallest absolute Gasteiger partial charge is 0.312 e. The van der Waals surface area contributed by atoms with Crippen molar-refractivity contribution in [2.75, 3.05) is 19.8 Å². The van der Waals surface area contributed by atoms with Crippen molar-refractivity contribution >= 4 is 6.03 Å². The molecule has 1 fully saturated rings. The molecule has 1 aliphatic heterocycles. The molecule has 0 bridgehead atoms.